The van der Waals surface area contributed by atoms with Crippen molar-refractivity contribution in [3.8, 4) is 0 Å². The van der Waals surface area contributed by atoms with Gasteiger partial charge in [-0.2, -0.15) is 0 Å². The summed E-state index contributed by atoms with van der Waals surface area (Å²) in [6.07, 6.45) is 2.65. The number of aliphatic hydroxyl groups excluding tert-OH is 1. The van der Waals surface area contributed by atoms with E-state index in [1.165, 1.54) is 6.42 Å². The van der Waals surface area contributed by atoms with Crippen molar-refractivity contribution in [3.05, 3.63) is 0 Å². The summed E-state index contributed by atoms with van der Waals surface area (Å²) in [5.74, 6) is 1.88. The maximum atomic E-state index is 8.91. The number of methoxy groups -OCH3 is 1. The second-order valence-corrected chi connectivity index (χ2v) is 3.88. The first-order chi connectivity index (χ1) is 5.74. The summed E-state index contributed by atoms with van der Waals surface area (Å²) in [7, 11) is 1.78. The van der Waals surface area contributed by atoms with Gasteiger partial charge in [-0.05, 0) is 30.6 Å². The number of hydrogen-bond acceptors (Lipinski definition) is 2. The summed E-state index contributed by atoms with van der Waals surface area (Å²) in [6, 6.07) is 0. The van der Waals surface area contributed by atoms with Crippen LogP contribution in [0.3, 0.4) is 0 Å². The zero-order valence-electron chi connectivity index (χ0n) is 8.29. The fourth-order valence-corrected chi connectivity index (χ4v) is 2.15. The van der Waals surface area contributed by atoms with Crippen molar-refractivity contribution in [2.24, 2.45) is 17.8 Å². The normalized spacial score (nSPS) is 33.0. The van der Waals surface area contributed by atoms with Crippen molar-refractivity contribution in [2.75, 3.05) is 13.7 Å². The molecule has 0 amide bonds. The number of aliphatic hydroxyl groups is 1. The SMILES string of the molecule is CC[C@H](OC)[C@@H](C)[C@@H]1C[C@@H]1CO. The molecular weight excluding hydrogens is 152 g/mol. The minimum absolute atomic E-state index is 0.356. The van der Waals surface area contributed by atoms with Crippen molar-refractivity contribution in [3.63, 3.8) is 0 Å². The third-order valence-corrected chi connectivity index (χ3v) is 3.18. The average Bonchev–Trinajstić information content (AvgIpc) is 2.85. The fourth-order valence-electron chi connectivity index (χ4n) is 2.15. The molecule has 1 aliphatic carbocycles. The lowest BCUT2D eigenvalue weighted by atomic mass is 9.96. The Balaban J connectivity index is 2.32. The first-order valence-corrected chi connectivity index (χ1v) is 4.88. The van der Waals surface area contributed by atoms with Gasteiger partial charge in [-0.15, -0.1) is 0 Å². The van der Waals surface area contributed by atoms with Crippen molar-refractivity contribution >= 4 is 0 Å². The Morgan fingerprint density at radius 2 is 2.25 bits per heavy atom. The molecule has 72 valence electrons. The molecule has 2 heteroatoms. The molecule has 0 aromatic rings. The first-order valence-electron chi connectivity index (χ1n) is 4.88. The van der Waals surface area contributed by atoms with E-state index in [0.717, 1.165) is 6.42 Å². The minimum Gasteiger partial charge on any atom is -0.396 e. The molecular formula is C10H20O2. The fraction of sp³-hybridized carbons (Fsp3) is 1.00. The highest BCUT2D eigenvalue weighted by Gasteiger charge is 2.42. The Kier molecular flexibility index (Phi) is 3.53. The highest BCUT2D eigenvalue weighted by Crippen LogP contribution is 2.45. The van der Waals surface area contributed by atoms with Crippen LogP contribution in [0.5, 0.6) is 0 Å². The second kappa shape index (κ2) is 4.24. The lowest BCUT2D eigenvalue weighted by Crippen LogP contribution is -2.22. The zero-order valence-corrected chi connectivity index (χ0v) is 8.29. The Labute approximate surface area is 74.9 Å². The van der Waals surface area contributed by atoms with Crippen LogP contribution in [0, 0.1) is 17.8 Å². The molecule has 1 aliphatic rings. The first kappa shape index (κ1) is 10.0. The number of ether oxygens (including phenoxy) is 1. The molecule has 0 heterocycles. The summed E-state index contributed by atoms with van der Waals surface area (Å²) >= 11 is 0. The molecule has 4 atom stereocenters. The van der Waals surface area contributed by atoms with Gasteiger partial charge in [-0.3, -0.25) is 0 Å². The largest absolute Gasteiger partial charge is 0.396 e. The summed E-state index contributed by atoms with van der Waals surface area (Å²) < 4.78 is 5.37. The van der Waals surface area contributed by atoms with Crippen LogP contribution in [0.15, 0.2) is 0 Å². The molecule has 2 nitrogen and oxygen atoms in total. The third-order valence-electron chi connectivity index (χ3n) is 3.18. The molecule has 0 aliphatic heterocycles. The van der Waals surface area contributed by atoms with Gasteiger partial charge in [0, 0.05) is 13.7 Å². The van der Waals surface area contributed by atoms with Crippen molar-refractivity contribution < 1.29 is 9.84 Å². The van der Waals surface area contributed by atoms with Gasteiger partial charge in [0.15, 0.2) is 0 Å². The van der Waals surface area contributed by atoms with Crippen LogP contribution in [-0.2, 0) is 4.74 Å². The Bertz CT molecular complexity index is 132. The van der Waals surface area contributed by atoms with Gasteiger partial charge in [0.25, 0.3) is 0 Å². The van der Waals surface area contributed by atoms with E-state index in [4.69, 9.17) is 9.84 Å². The smallest absolute Gasteiger partial charge is 0.0597 e. The predicted octanol–water partition coefficient (Wildman–Crippen LogP) is 1.68. The summed E-state index contributed by atoms with van der Waals surface area (Å²) in [6.45, 7) is 4.74. The monoisotopic (exact) mass is 172 g/mol. The topological polar surface area (TPSA) is 29.5 Å². The molecule has 0 bridgehead atoms. The van der Waals surface area contributed by atoms with E-state index in [2.05, 4.69) is 13.8 Å². The van der Waals surface area contributed by atoms with Crippen LogP contribution in [0.25, 0.3) is 0 Å². The van der Waals surface area contributed by atoms with E-state index < -0.39 is 0 Å². The standard InChI is InChI=1S/C10H20O2/c1-4-10(12-3)7(2)9-5-8(9)6-11/h7-11H,4-6H2,1-3H3/t7-,8+,9-,10-/m0/s1. The number of hydrogen-bond donors (Lipinski definition) is 1. The van der Waals surface area contributed by atoms with Crippen LogP contribution >= 0.6 is 0 Å². The quantitative estimate of drug-likeness (QED) is 0.683. The third kappa shape index (κ3) is 1.99. The Morgan fingerprint density at radius 1 is 1.58 bits per heavy atom. The van der Waals surface area contributed by atoms with E-state index in [-0.39, 0.29) is 0 Å². The van der Waals surface area contributed by atoms with Gasteiger partial charge in [0.1, 0.15) is 0 Å². The molecule has 1 fully saturated rings. The maximum Gasteiger partial charge on any atom is 0.0597 e. The van der Waals surface area contributed by atoms with Crippen LogP contribution in [0.2, 0.25) is 0 Å². The molecule has 1 saturated carbocycles. The lowest BCUT2D eigenvalue weighted by Gasteiger charge is -2.21. The van der Waals surface area contributed by atoms with Gasteiger partial charge < -0.3 is 9.84 Å². The van der Waals surface area contributed by atoms with Gasteiger partial charge in [0.2, 0.25) is 0 Å². The van der Waals surface area contributed by atoms with E-state index in [1.807, 2.05) is 0 Å². The van der Waals surface area contributed by atoms with E-state index >= 15 is 0 Å². The van der Waals surface area contributed by atoms with Gasteiger partial charge in [0.05, 0.1) is 6.10 Å². The second-order valence-electron chi connectivity index (χ2n) is 3.88. The zero-order chi connectivity index (χ0) is 9.14. The summed E-state index contributed by atoms with van der Waals surface area (Å²) in [4.78, 5) is 0. The molecule has 0 unspecified atom stereocenters. The molecule has 12 heavy (non-hydrogen) atoms. The predicted molar refractivity (Wildman–Crippen MR) is 48.9 cm³/mol. The molecule has 1 N–H and O–H groups in total. The highest BCUT2D eigenvalue weighted by atomic mass is 16.5. The van der Waals surface area contributed by atoms with Gasteiger partial charge >= 0.3 is 0 Å². The lowest BCUT2D eigenvalue weighted by molar-refractivity contribution is 0.0439. The van der Waals surface area contributed by atoms with Crippen molar-refractivity contribution in [2.45, 2.75) is 32.8 Å². The Hall–Kier alpha value is -0.0800. The molecule has 0 saturated heterocycles. The maximum absolute atomic E-state index is 8.91. The van der Waals surface area contributed by atoms with Crippen molar-refractivity contribution in [1.82, 2.24) is 0 Å². The highest BCUT2D eigenvalue weighted by molar-refractivity contribution is 4.91. The molecule has 1 rings (SSSR count). The summed E-state index contributed by atoms with van der Waals surface area (Å²) in [5.41, 5.74) is 0. The number of rotatable bonds is 5. The molecule has 0 spiro atoms. The van der Waals surface area contributed by atoms with Crippen molar-refractivity contribution in [1.29, 1.82) is 0 Å². The Morgan fingerprint density at radius 3 is 2.58 bits per heavy atom. The van der Waals surface area contributed by atoms with E-state index in [9.17, 15) is 0 Å². The molecule has 0 aromatic carbocycles. The van der Waals surface area contributed by atoms with Crippen LogP contribution in [0.4, 0.5) is 0 Å². The van der Waals surface area contributed by atoms with E-state index in [1.54, 1.807) is 7.11 Å². The average molecular weight is 172 g/mol. The molecule has 0 aromatic heterocycles. The van der Waals surface area contributed by atoms with Crippen LogP contribution < -0.4 is 0 Å². The van der Waals surface area contributed by atoms with Crippen LogP contribution in [0.1, 0.15) is 26.7 Å². The molecule has 0 radical (unpaired) electrons. The van der Waals surface area contributed by atoms with Crippen LogP contribution in [-0.4, -0.2) is 24.9 Å². The summed E-state index contributed by atoms with van der Waals surface area (Å²) in [5, 5.41) is 8.91. The minimum atomic E-state index is 0.356. The van der Waals surface area contributed by atoms with E-state index in [0.29, 0.717) is 30.5 Å². The van der Waals surface area contributed by atoms with Gasteiger partial charge in [-0.25, -0.2) is 0 Å². The van der Waals surface area contributed by atoms with Gasteiger partial charge in [-0.1, -0.05) is 13.8 Å².